The van der Waals surface area contributed by atoms with Crippen LogP contribution >= 0.6 is 0 Å². The number of para-hydroxylation sites is 1. The number of ether oxygens (including phenoxy) is 2. The molecule has 0 atom stereocenters. The number of fused-ring (bicyclic) bond motifs is 1. The smallest absolute Gasteiger partial charge is 0.337 e. The average molecular weight is 367 g/mol. The normalized spacial score (nSPS) is 11.0. The van der Waals surface area contributed by atoms with Crippen LogP contribution in [0.2, 0.25) is 0 Å². The third-order valence-electron chi connectivity index (χ3n) is 4.23. The lowest BCUT2D eigenvalue weighted by Crippen LogP contribution is -2.22. The molecule has 7 nitrogen and oxygen atoms in total. The third kappa shape index (κ3) is 4.15. The van der Waals surface area contributed by atoms with E-state index in [9.17, 15) is 9.59 Å². The van der Waals surface area contributed by atoms with E-state index < -0.39 is 5.97 Å². The van der Waals surface area contributed by atoms with E-state index in [0.717, 1.165) is 11.3 Å². The second-order valence-electron chi connectivity index (χ2n) is 6.22. The number of rotatable bonds is 6. The summed E-state index contributed by atoms with van der Waals surface area (Å²) in [4.78, 5) is 33.4. The number of aromatic amines is 1. The number of hydrogen-bond acceptors (Lipinski definition) is 6. The fourth-order valence-electron chi connectivity index (χ4n) is 2.94. The van der Waals surface area contributed by atoms with Gasteiger partial charge in [0.1, 0.15) is 11.6 Å². The third-order valence-corrected chi connectivity index (χ3v) is 4.23. The molecule has 7 heteroatoms. The lowest BCUT2D eigenvalue weighted by atomic mass is 10.1. The first-order valence-electron chi connectivity index (χ1n) is 8.43. The van der Waals surface area contributed by atoms with Crippen molar-refractivity contribution in [3.63, 3.8) is 0 Å². The molecule has 0 spiro atoms. The van der Waals surface area contributed by atoms with E-state index in [-0.39, 0.29) is 5.56 Å². The molecule has 1 aromatic heterocycles. The summed E-state index contributed by atoms with van der Waals surface area (Å²) in [7, 11) is 4.89. The average Bonchev–Trinajstić information content (AvgIpc) is 2.67. The van der Waals surface area contributed by atoms with Crippen LogP contribution in [-0.4, -0.2) is 42.1 Å². The van der Waals surface area contributed by atoms with Crippen LogP contribution in [0.15, 0.2) is 47.3 Å². The predicted molar refractivity (Wildman–Crippen MR) is 102 cm³/mol. The molecule has 0 aliphatic rings. The molecule has 3 rings (SSSR count). The summed E-state index contributed by atoms with van der Waals surface area (Å²) in [6, 6.07) is 12.5. The monoisotopic (exact) mass is 367 g/mol. The van der Waals surface area contributed by atoms with Gasteiger partial charge in [-0.05, 0) is 31.3 Å². The van der Waals surface area contributed by atoms with Crippen molar-refractivity contribution in [2.75, 3.05) is 21.3 Å². The first-order valence-corrected chi connectivity index (χ1v) is 8.43. The number of carbonyl (C=O) groups excluding carboxylic acids is 1. The van der Waals surface area contributed by atoms with Gasteiger partial charge in [-0.3, -0.25) is 9.69 Å². The van der Waals surface area contributed by atoms with Gasteiger partial charge < -0.3 is 14.5 Å². The summed E-state index contributed by atoms with van der Waals surface area (Å²) in [5.74, 6) is 0.868. The Balaban J connectivity index is 1.85. The second kappa shape index (κ2) is 8.01. The highest BCUT2D eigenvalue weighted by molar-refractivity contribution is 5.93. The van der Waals surface area contributed by atoms with Crippen LogP contribution in [0.3, 0.4) is 0 Å². The van der Waals surface area contributed by atoms with E-state index in [2.05, 4.69) is 9.97 Å². The van der Waals surface area contributed by atoms with Crippen molar-refractivity contribution in [1.82, 2.24) is 14.9 Å². The van der Waals surface area contributed by atoms with Crippen LogP contribution in [0, 0.1) is 0 Å². The number of aromatic nitrogens is 2. The highest BCUT2D eigenvalue weighted by atomic mass is 16.5. The van der Waals surface area contributed by atoms with Crippen molar-refractivity contribution in [2.24, 2.45) is 0 Å². The molecule has 0 unspecified atom stereocenters. The van der Waals surface area contributed by atoms with Gasteiger partial charge in [-0.2, -0.15) is 0 Å². The molecule has 0 fully saturated rings. The number of benzene rings is 2. The van der Waals surface area contributed by atoms with E-state index in [4.69, 9.17) is 9.47 Å². The van der Waals surface area contributed by atoms with Crippen LogP contribution in [0.1, 0.15) is 21.7 Å². The largest absolute Gasteiger partial charge is 0.496 e. The molecule has 0 aliphatic heterocycles. The van der Waals surface area contributed by atoms with Gasteiger partial charge in [0.2, 0.25) is 0 Å². The number of H-pyrrole nitrogens is 1. The molecule has 0 saturated heterocycles. The van der Waals surface area contributed by atoms with E-state index in [1.807, 2.05) is 36.2 Å². The lowest BCUT2D eigenvalue weighted by molar-refractivity contribution is 0.0601. The zero-order chi connectivity index (χ0) is 19.4. The van der Waals surface area contributed by atoms with Gasteiger partial charge in [0.15, 0.2) is 0 Å². The molecule has 0 radical (unpaired) electrons. The molecule has 2 aromatic carbocycles. The highest BCUT2D eigenvalue weighted by Gasteiger charge is 2.12. The summed E-state index contributed by atoms with van der Waals surface area (Å²) in [6.45, 7) is 1.07. The molecule has 27 heavy (non-hydrogen) atoms. The Hall–Kier alpha value is -3.19. The zero-order valence-corrected chi connectivity index (χ0v) is 15.5. The Morgan fingerprint density at radius 3 is 2.67 bits per heavy atom. The number of hydrogen-bond donors (Lipinski definition) is 1. The van der Waals surface area contributed by atoms with Crippen molar-refractivity contribution in [3.8, 4) is 5.75 Å². The van der Waals surface area contributed by atoms with E-state index in [1.54, 1.807) is 25.3 Å². The number of methoxy groups -OCH3 is 2. The Morgan fingerprint density at radius 2 is 1.93 bits per heavy atom. The van der Waals surface area contributed by atoms with E-state index >= 15 is 0 Å². The summed E-state index contributed by atoms with van der Waals surface area (Å²) in [5.41, 5.74) is 1.62. The van der Waals surface area contributed by atoms with Crippen LogP contribution in [0.4, 0.5) is 0 Å². The zero-order valence-electron chi connectivity index (χ0n) is 15.5. The van der Waals surface area contributed by atoms with Crippen molar-refractivity contribution >= 4 is 16.9 Å². The molecular weight excluding hydrogens is 346 g/mol. The van der Waals surface area contributed by atoms with E-state index in [0.29, 0.717) is 35.4 Å². The summed E-state index contributed by atoms with van der Waals surface area (Å²) < 4.78 is 10.1. The lowest BCUT2D eigenvalue weighted by Gasteiger charge is -2.18. The van der Waals surface area contributed by atoms with Gasteiger partial charge >= 0.3 is 5.97 Å². The Kier molecular flexibility index (Phi) is 5.52. The van der Waals surface area contributed by atoms with Gasteiger partial charge in [0.25, 0.3) is 5.56 Å². The Morgan fingerprint density at radius 1 is 1.15 bits per heavy atom. The molecule has 140 valence electrons. The van der Waals surface area contributed by atoms with Crippen LogP contribution in [-0.2, 0) is 17.8 Å². The minimum absolute atomic E-state index is 0.239. The molecule has 1 heterocycles. The second-order valence-corrected chi connectivity index (χ2v) is 6.22. The van der Waals surface area contributed by atoms with Crippen molar-refractivity contribution in [3.05, 3.63) is 69.8 Å². The maximum Gasteiger partial charge on any atom is 0.337 e. The van der Waals surface area contributed by atoms with Crippen molar-refractivity contribution < 1.29 is 14.3 Å². The molecular formula is C20H21N3O4. The highest BCUT2D eigenvalue weighted by Crippen LogP contribution is 2.19. The van der Waals surface area contributed by atoms with Crippen molar-refractivity contribution in [1.29, 1.82) is 0 Å². The molecule has 0 aliphatic carbocycles. The maximum atomic E-state index is 12.3. The molecule has 1 N–H and O–H groups in total. The topological polar surface area (TPSA) is 84.5 Å². The Labute approximate surface area is 156 Å². The number of nitrogens with zero attached hydrogens (tertiary/aromatic N) is 2. The van der Waals surface area contributed by atoms with Crippen molar-refractivity contribution in [2.45, 2.75) is 13.1 Å². The minimum Gasteiger partial charge on any atom is -0.496 e. The first-order chi connectivity index (χ1) is 13.0. The summed E-state index contributed by atoms with van der Waals surface area (Å²) in [5, 5.41) is 0.429. The van der Waals surface area contributed by atoms with Gasteiger partial charge in [0.05, 0.1) is 37.2 Å². The van der Waals surface area contributed by atoms with Crippen LogP contribution < -0.4 is 10.3 Å². The number of carbonyl (C=O) groups is 1. The fourth-order valence-corrected chi connectivity index (χ4v) is 2.94. The molecule has 3 aromatic rings. The van der Waals surface area contributed by atoms with Gasteiger partial charge in [-0.25, -0.2) is 9.78 Å². The van der Waals surface area contributed by atoms with Crippen LogP contribution in [0.25, 0.3) is 10.9 Å². The van der Waals surface area contributed by atoms with Crippen LogP contribution in [0.5, 0.6) is 5.75 Å². The van der Waals surface area contributed by atoms with Gasteiger partial charge in [0, 0.05) is 12.1 Å². The first kappa shape index (κ1) is 18.6. The number of nitrogens with one attached hydrogen (secondary N) is 1. The van der Waals surface area contributed by atoms with Gasteiger partial charge in [-0.15, -0.1) is 0 Å². The van der Waals surface area contributed by atoms with E-state index in [1.165, 1.54) is 7.11 Å². The minimum atomic E-state index is -0.464. The Bertz CT molecular complexity index is 1030. The molecule has 0 bridgehead atoms. The standard InChI is InChI=1S/C20H21N3O4/c1-23(11-14-6-4-5-7-17(14)26-2)12-18-21-16-10-13(20(25)27-3)8-9-15(16)19(24)22-18/h4-10H,11-12H2,1-3H3,(H,21,22,24). The number of esters is 1. The molecule has 0 amide bonds. The molecule has 0 saturated carbocycles. The summed E-state index contributed by atoms with van der Waals surface area (Å²) in [6.07, 6.45) is 0. The SMILES string of the molecule is COC(=O)c1ccc2c(=O)[nH]c(CN(C)Cc3ccccc3OC)nc2c1. The fraction of sp³-hybridized carbons (Fsp3) is 0.250. The summed E-state index contributed by atoms with van der Waals surface area (Å²) >= 11 is 0. The predicted octanol–water partition coefficient (Wildman–Crippen LogP) is 2.35. The quantitative estimate of drug-likeness (QED) is 0.673. The maximum absolute atomic E-state index is 12.3. The van der Waals surface area contributed by atoms with Gasteiger partial charge in [-0.1, -0.05) is 18.2 Å².